The molecule has 2 nitrogen and oxygen atoms in total. The van der Waals surface area contributed by atoms with Gasteiger partial charge in [-0.05, 0) is 24.5 Å². The quantitative estimate of drug-likeness (QED) is 0.769. The summed E-state index contributed by atoms with van der Waals surface area (Å²) in [5, 5.41) is 9.96. The van der Waals surface area contributed by atoms with Crippen LogP contribution in [0.15, 0.2) is 22.8 Å². The van der Waals surface area contributed by atoms with Crippen molar-refractivity contribution in [3.8, 4) is 0 Å². The Morgan fingerprint density at radius 3 is 2.60 bits per heavy atom. The summed E-state index contributed by atoms with van der Waals surface area (Å²) in [6.45, 7) is 0. The van der Waals surface area contributed by atoms with Crippen molar-refractivity contribution in [2.75, 3.05) is 0 Å². The van der Waals surface area contributed by atoms with Gasteiger partial charge in [-0.2, -0.15) is 0 Å². The monoisotopic (exact) mass is 208 g/mol. The first kappa shape index (κ1) is 10.7. The maximum Gasteiger partial charge on any atom is 0.132 e. The highest BCUT2D eigenvalue weighted by Crippen LogP contribution is 2.30. The third kappa shape index (κ3) is 3.10. The molecule has 2 rings (SSSR count). The summed E-state index contributed by atoms with van der Waals surface area (Å²) in [6.07, 6.45) is 10.0. The van der Waals surface area contributed by atoms with E-state index in [-0.39, 0.29) is 0 Å². The molecule has 1 atom stereocenters. The number of hydrogen-bond donors (Lipinski definition) is 1. The number of rotatable bonds is 3. The Balaban J connectivity index is 1.84. The molecule has 1 aromatic heterocycles. The van der Waals surface area contributed by atoms with Gasteiger partial charge in [-0.15, -0.1) is 0 Å². The molecule has 2 heteroatoms. The molecule has 0 amide bonds. The lowest BCUT2D eigenvalue weighted by Gasteiger charge is -2.16. The fraction of sp³-hybridized carbons (Fsp3) is 0.692. The first-order valence-electron chi connectivity index (χ1n) is 6.08. The van der Waals surface area contributed by atoms with Crippen LogP contribution in [-0.4, -0.2) is 5.11 Å². The molecule has 1 saturated carbocycles. The predicted octanol–water partition coefficient (Wildman–Crippen LogP) is 3.67. The lowest BCUT2D eigenvalue weighted by Crippen LogP contribution is -2.06. The standard InChI is InChI=1S/C13H20O2/c14-12(13-8-5-9-15-13)10-11-6-3-1-2-4-7-11/h5,8-9,11-12,14H,1-4,6-7,10H2. The molecular weight excluding hydrogens is 188 g/mol. The maximum atomic E-state index is 9.96. The molecule has 1 fully saturated rings. The summed E-state index contributed by atoms with van der Waals surface area (Å²) in [6, 6.07) is 3.70. The van der Waals surface area contributed by atoms with Crippen molar-refractivity contribution < 1.29 is 9.52 Å². The summed E-state index contributed by atoms with van der Waals surface area (Å²) in [7, 11) is 0. The Morgan fingerprint density at radius 1 is 1.27 bits per heavy atom. The average Bonchev–Trinajstić information content (AvgIpc) is 2.65. The van der Waals surface area contributed by atoms with Crippen LogP contribution in [0.3, 0.4) is 0 Å². The third-order valence-electron chi connectivity index (χ3n) is 3.40. The molecule has 0 saturated heterocycles. The second-order valence-electron chi connectivity index (χ2n) is 4.62. The van der Waals surface area contributed by atoms with Crippen LogP contribution in [0.5, 0.6) is 0 Å². The molecule has 0 aliphatic heterocycles. The van der Waals surface area contributed by atoms with Gasteiger partial charge in [-0.25, -0.2) is 0 Å². The fourth-order valence-electron chi connectivity index (χ4n) is 2.51. The highest BCUT2D eigenvalue weighted by molar-refractivity contribution is 5.01. The summed E-state index contributed by atoms with van der Waals surface area (Å²) >= 11 is 0. The van der Waals surface area contributed by atoms with Crippen LogP contribution in [-0.2, 0) is 0 Å². The zero-order valence-corrected chi connectivity index (χ0v) is 9.19. The van der Waals surface area contributed by atoms with Gasteiger partial charge in [0.2, 0.25) is 0 Å². The Labute approximate surface area is 91.3 Å². The number of aliphatic hydroxyl groups is 1. The lowest BCUT2D eigenvalue weighted by atomic mass is 9.93. The second kappa shape index (κ2) is 5.36. The lowest BCUT2D eigenvalue weighted by molar-refractivity contribution is 0.115. The van der Waals surface area contributed by atoms with E-state index >= 15 is 0 Å². The minimum atomic E-state index is -0.400. The van der Waals surface area contributed by atoms with Gasteiger partial charge in [0.15, 0.2) is 0 Å². The van der Waals surface area contributed by atoms with Crippen molar-refractivity contribution in [3.63, 3.8) is 0 Å². The number of furan rings is 1. The summed E-state index contributed by atoms with van der Waals surface area (Å²) in [5.74, 6) is 1.41. The molecule has 1 N–H and O–H groups in total. The van der Waals surface area contributed by atoms with Crippen molar-refractivity contribution in [2.45, 2.75) is 51.0 Å². The fourth-order valence-corrected chi connectivity index (χ4v) is 2.51. The third-order valence-corrected chi connectivity index (χ3v) is 3.40. The topological polar surface area (TPSA) is 33.4 Å². The van der Waals surface area contributed by atoms with Crippen LogP contribution in [0.25, 0.3) is 0 Å². The maximum absolute atomic E-state index is 9.96. The van der Waals surface area contributed by atoms with E-state index in [0.717, 1.165) is 12.2 Å². The number of hydrogen-bond acceptors (Lipinski definition) is 2. The normalized spacial score (nSPS) is 21.1. The van der Waals surface area contributed by atoms with Crippen LogP contribution in [0, 0.1) is 5.92 Å². The zero-order chi connectivity index (χ0) is 10.5. The first-order valence-corrected chi connectivity index (χ1v) is 6.08. The molecule has 1 aliphatic rings. The van der Waals surface area contributed by atoms with Gasteiger partial charge < -0.3 is 9.52 Å². The Bertz CT molecular complexity index is 258. The van der Waals surface area contributed by atoms with Crippen LogP contribution < -0.4 is 0 Å². The highest BCUT2D eigenvalue weighted by Gasteiger charge is 2.18. The van der Waals surface area contributed by atoms with E-state index in [1.165, 1.54) is 38.5 Å². The molecule has 0 bridgehead atoms. The predicted molar refractivity (Wildman–Crippen MR) is 59.5 cm³/mol. The SMILES string of the molecule is OC(CC1CCCCCC1)c1ccco1. The van der Waals surface area contributed by atoms with Gasteiger partial charge in [0.1, 0.15) is 11.9 Å². The minimum absolute atomic E-state index is 0.400. The van der Waals surface area contributed by atoms with Crippen LogP contribution in [0.4, 0.5) is 0 Å². The molecule has 84 valence electrons. The zero-order valence-electron chi connectivity index (χ0n) is 9.19. The van der Waals surface area contributed by atoms with Crippen molar-refractivity contribution in [3.05, 3.63) is 24.2 Å². The molecule has 1 aliphatic carbocycles. The van der Waals surface area contributed by atoms with Gasteiger partial charge in [0, 0.05) is 0 Å². The minimum Gasteiger partial charge on any atom is -0.467 e. The summed E-state index contributed by atoms with van der Waals surface area (Å²) < 4.78 is 5.22. The van der Waals surface area contributed by atoms with Crippen LogP contribution >= 0.6 is 0 Å². The summed E-state index contributed by atoms with van der Waals surface area (Å²) in [5.41, 5.74) is 0. The van der Waals surface area contributed by atoms with Gasteiger partial charge in [0.05, 0.1) is 6.26 Å². The van der Waals surface area contributed by atoms with E-state index in [1.807, 2.05) is 12.1 Å². The molecule has 15 heavy (non-hydrogen) atoms. The van der Waals surface area contributed by atoms with Crippen molar-refractivity contribution in [2.24, 2.45) is 5.92 Å². The van der Waals surface area contributed by atoms with Crippen molar-refractivity contribution in [1.82, 2.24) is 0 Å². The molecule has 0 radical (unpaired) electrons. The van der Waals surface area contributed by atoms with E-state index in [9.17, 15) is 5.11 Å². The molecular formula is C13H20O2. The smallest absolute Gasteiger partial charge is 0.132 e. The molecule has 1 unspecified atom stereocenters. The van der Waals surface area contributed by atoms with Crippen molar-refractivity contribution in [1.29, 1.82) is 0 Å². The van der Waals surface area contributed by atoms with E-state index in [2.05, 4.69) is 0 Å². The first-order chi connectivity index (χ1) is 7.36. The second-order valence-corrected chi connectivity index (χ2v) is 4.62. The largest absolute Gasteiger partial charge is 0.467 e. The average molecular weight is 208 g/mol. The molecule has 0 aromatic carbocycles. The Kier molecular flexibility index (Phi) is 3.84. The van der Waals surface area contributed by atoms with E-state index in [1.54, 1.807) is 6.26 Å². The highest BCUT2D eigenvalue weighted by atomic mass is 16.4. The van der Waals surface area contributed by atoms with Gasteiger partial charge in [0.25, 0.3) is 0 Å². The van der Waals surface area contributed by atoms with Gasteiger partial charge in [-0.3, -0.25) is 0 Å². The summed E-state index contributed by atoms with van der Waals surface area (Å²) in [4.78, 5) is 0. The van der Waals surface area contributed by atoms with E-state index in [4.69, 9.17) is 4.42 Å². The van der Waals surface area contributed by atoms with Crippen molar-refractivity contribution >= 4 is 0 Å². The molecule has 1 aromatic rings. The Morgan fingerprint density at radius 2 is 2.00 bits per heavy atom. The van der Waals surface area contributed by atoms with Crippen LogP contribution in [0.2, 0.25) is 0 Å². The van der Waals surface area contributed by atoms with Crippen LogP contribution in [0.1, 0.15) is 56.8 Å². The number of aliphatic hydroxyl groups excluding tert-OH is 1. The van der Waals surface area contributed by atoms with E-state index in [0.29, 0.717) is 5.92 Å². The van der Waals surface area contributed by atoms with E-state index < -0.39 is 6.10 Å². The van der Waals surface area contributed by atoms with Gasteiger partial charge >= 0.3 is 0 Å². The molecule has 1 heterocycles. The van der Waals surface area contributed by atoms with Gasteiger partial charge in [-0.1, -0.05) is 38.5 Å². The Hall–Kier alpha value is -0.760. The molecule has 0 spiro atoms.